The number of hydrogen-bond acceptors (Lipinski definition) is 3. The summed E-state index contributed by atoms with van der Waals surface area (Å²) < 4.78 is 2.46. The third kappa shape index (κ3) is 5.50. The van der Waals surface area contributed by atoms with Gasteiger partial charge in [-0.15, -0.1) is 0 Å². The van der Waals surface area contributed by atoms with Crippen LogP contribution in [0.5, 0.6) is 0 Å². The molecule has 0 radical (unpaired) electrons. The summed E-state index contributed by atoms with van der Waals surface area (Å²) in [6.45, 7) is 20.0. The van der Waals surface area contributed by atoms with Crippen molar-refractivity contribution in [3.8, 4) is 50.7 Å². The van der Waals surface area contributed by atoms with Crippen LogP contribution in [0.1, 0.15) is 50.1 Å². The van der Waals surface area contributed by atoms with E-state index in [0.717, 1.165) is 22.3 Å². The summed E-state index contributed by atoms with van der Waals surface area (Å²) in [5, 5.41) is 2.50. The Morgan fingerprint density at radius 2 is 0.942 bits per heavy atom. The lowest BCUT2D eigenvalue weighted by Gasteiger charge is -2.17. The second-order valence-corrected chi connectivity index (χ2v) is 14.7. The first-order chi connectivity index (χ1) is 25.0. The van der Waals surface area contributed by atoms with Crippen LogP contribution in [0.3, 0.4) is 0 Å². The molecule has 52 heavy (non-hydrogen) atoms. The lowest BCUT2D eigenvalue weighted by Crippen LogP contribution is -2.02. The van der Waals surface area contributed by atoms with E-state index >= 15 is 0 Å². The van der Waals surface area contributed by atoms with Crippen molar-refractivity contribution in [3.05, 3.63) is 153 Å². The lowest BCUT2D eigenvalue weighted by atomic mass is 9.89. The van der Waals surface area contributed by atoms with Crippen LogP contribution in [0.15, 0.2) is 103 Å². The van der Waals surface area contributed by atoms with Gasteiger partial charge in [0.1, 0.15) is 6.33 Å². The monoisotopic (exact) mass is 676 g/mol. The van der Waals surface area contributed by atoms with Crippen LogP contribution in [0, 0.1) is 62.3 Å². The fourth-order valence-corrected chi connectivity index (χ4v) is 8.46. The maximum atomic E-state index is 4.88. The number of aryl methyl sites for hydroxylation is 7. The molecule has 0 unspecified atom stereocenters. The highest BCUT2D eigenvalue weighted by Crippen LogP contribution is 2.41. The molecule has 0 bridgehead atoms. The van der Waals surface area contributed by atoms with E-state index in [1.54, 1.807) is 6.33 Å². The van der Waals surface area contributed by atoms with Gasteiger partial charge in [0, 0.05) is 21.9 Å². The first-order valence-corrected chi connectivity index (χ1v) is 18.1. The second kappa shape index (κ2) is 12.7. The summed E-state index contributed by atoms with van der Waals surface area (Å²) in [7, 11) is 0. The molecule has 256 valence electrons. The first-order valence-electron chi connectivity index (χ1n) is 18.1. The molecule has 0 saturated carbocycles. The van der Waals surface area contributed by atoms with Gasteiger partial charge < -0.3 is 4.57 Å². The van der Waals surface area contributed by atoms with Crippen molar-refractivity contribution in [1.82, 2.24) is 19.5 Å². The Bertz CT molecular complexity index is 2640. The summed E-state index contributed by atoms with van der Waals surface area (Å²) in [6.07, 6.45) is 1.61. The molecule has 0 N–H and O–H groups in total. The van der Waals surface area contributed by atoms with Crippen LogP contribution >= 0.6 is 0 Å². The zero-order valence-corrected chi connectivity index (χ0v) is 31.6. The molecule has 0 amide bonds. The molecular formula is C48H44N4. The normalized spacial score (nSPS) is 11.6. The Kier molecular flexibility index (Phi) is 8.14. The summed E-state index contributed by atoms with van der Waals surface area (Å²) in [6, 6.07) is 35.5. The Balaban J connectivity index is 1.37. The van der Waals surface area contributed by atoms with E-state index in [1.165, 1.54) is 88.7 Å². The largest absolute Gasteiger partial charge is 0.309 e. The van der Waals surface area contributed by atoms with Crippen LogP contribution in [-0.2, 0) is 0 Å². The van der Waals surface area contributed by atoms with E-state index in [4.69, 9.17) is 4.98 Å². The highest BCUT2D eigenvalue weighted by atomic mass is 15.0. The second-order valence-electron chi connectivity index (χ2n) is 14.7. The number of aromatic nitrogens is 4. The predicted octanol–water partition coefficient (Wildman–Crippen LogP) is 12.4. The molecule has 2 heterocycles. The van der Waals surface area contributed by atoms with Crippen LogP contribution in [0.4, 0.5) is 0 Å². The van der Waals surface area contributed by atoms with E-state index in [2.05, 4.69) is 144 Å². The summed E-state index contributed by atoms with van der Waals surface area (Å²) in [5.74, 6) is 1.35. The Labute approximate surface area is 306 Å². The maximum Gasteiger partial charge on any atom is 0.163 e. The number of fused-ring (bicyclic) bond motifs is 3. The van der Waals surface area contributed by atoms with E-state index in [9.17, 15) is 0 Å². The lowest BCUT2D eigenvalue weighted by molar-refractivity contribution is 1.06. The average Bonchev–Trinajstić information content (AvgIpc) is 3.43. The van der Waals surface area contributed by atoms with Gasteiger partial charge in [-0.25, -0.2) is 15.0 Å². The van der Waals surface area contributed by atoms with Crippen LogP contribution < -0.4 is 0 Å². The summed E-state index contributed by atoms with van der Waals surface area (Å²) in [5.41, 5.74) is 22.2. The Morgan fingerprint density at radius 3 is 1.50 bits per heavy atom. The molecule has 4 heteroatoms. The molecule has 8 rings (SSSR count). The zero-order valence-electron chi connectivity index (χ0n) is 31.6. The Morgan fingerprint density at radius 1 is 0.423 bits per heavy atom. The molecule has 8 aromatic rings. The summed E-state index contributed by atoms with van der Waals surface area (Å²) >= 11 is 0. The molecular weight excluding hydrogens is 633 g/mol. The third-order valence-corrected chi connectivity index (χ3v) is 11.0. The van der Waals surface area contributed by atoms with Crippen molar-refractivity contribution < 1.29 is 0 Å². The average molecular weight is 677 g/mol. The maximum absolute atomic E-state index is 4.88. The van der Waals surface area contributed by atoms with Gasteiger partial charge in [0.2, 0.25) is 0 Å². The quantitative estimate of drug-likeness (QED) is 0.182. The molecule has 0 fully saturated rings. The molecule has 0 saturated heterocycles. The van der Waals surface area contributed by atoms with E-state index < -0.39 is 0 Å². The minimum absolute atomic E-state index is 0.672. The highest BCUT2D eigenvalue weighted by molar-refractivity contribution is 6.12. The van der Waals surface area contributed by atoms with Crippen molar-refractivity contribution in [1.29, 1.82) is 0 Å². The van der Waals surface area contributed by atoms with E-state index in [0.29, 0.717) is 11.6 Å². The van der Waals surface area contributed by atoms with E-state index in [1.807, 2.05) is 30.3 Å². The predicted molar refractivity (Wildman–Crippen MR) is 219 cm³/mol. The topological polar surface area (TPSA) is 43.6 Å². The number of rotatable bonds is 5. The van der Waals surface area contributed by atoms with Crippen molar-refractivity contribution in [2.24, 2.45) is 0 Å². The third-order valence-electron chi connectivity index (χ3n) is 11.0. The molecule has 0 aliphatic heterocycles. The van der Waals surface area contributed by atoms with Crippen LogP contribution in [0.25, 0.3) is 72.5 Å². The van der Waals surface area contributed by atoms with Crippen LogP contribution in [0.2, 0.25) is 0 Å². The molecule has 0 aliphatic rings. The SMILES string of the molecule is Cc1cc(C)c(-c2ccc3c(c2)c2cc(-c4c(C)c(C)cc(C)c4C)ccc2n3-c2c(C)cc(-c3ncnc(-c4ccccc4)n3)cc2C)c(C)c1. The van der Waals surface area contributed by atoms with Gasteiger partial charge in [-0.05, 0) is 165 Å². The van der Waals surface area contributed by atoms with Gasteiger partial charge in [0.25, 0.3) is 0 Å². The van der Waals surface area contributed by atoms with Gasteiger partial charge in [0.05, 0.1) is 16.7 Å². The molecule has 6 aromatic carbocycles. The van der Waals surface area contributed by atoms with Gasteiger partial charge in [-0.2, -0.15) is 0 Å². The fraction of sp³-hybridized carbons (Fsp3) is 0.188. The molecule has 0 aliphatic carbocycles. The number of nitrogens with zero attached hydrogens (tertiary/aromatic N) is 4. The number of benzene rings is 6. The van der Waals surface area contributed by atoms with Crippen molar-refractivity contribution in [2.45, 2.75) is 62.3 Å². The number of hydrogen-bond donors (Lipinski definition) is 0. The van der Waals surface area contributed by atoms with Crippen molar-refractivity contribution in [2.75, 3.05) is 0 Å². The van der Waals surface area contributed by atoms with Gasteiger partial charge in [0.15, 0.2) is 11.6 Å². The smallest absolute Gasteiger partial charge is 0.163 e. The van der Waals surface area contributed by atoms with Crippen LogP contribution in [-0.4, -0.2) is 19.5 Å². The van der Waals surface area contributed by atoms with Gasteiger partial charge in [-0.3, -0.25) is 0 Å². The molecule has 4 nitrogen and oxygen atoms in total. The minimum atomic E-state index is 0.672. The molecule has 2 aromatic heterocycles. The van der Waals surface area contributed by atoms with Gasteiger partial charge >= 0.3 is 0 Å². The fourth-order valence-electron chi connectivity index (χ4n) is 8.46. The van der Waals surface area contributed by atoms with Crippen molar-refractivity contribution in [3.63, 3.8) is 0 Å². The highest BCUT2D eigenvalue weighted by Gasteiger charge is 2.20. The van der Waals surface area contributed by atoms with Gasteiger partial charge in [-0.1, -0.05) is 66.2 Å². The standard InChI is InChI=1S/C48H44N4/c1-27-19-30(4)44(31(5)20-27)37-15-17-42-40(24-37)41-25-38(45-34(8)28(2)21-29(3)35(45)9)16-18-43(41)52(42)46-32(6)22-39(23-33(46)7)48-50-26-49-47(51-48)36-13-11-10-12-14-36/h10-26H,1-9H3. The zero-order chi connectivity index (χ0) is 36.4. The summed E-state index contributed by atoms with van der Waals surface area (Å²) in [4.78, 5) is 14.0. The Hall–Kier alpha value is -5.87. The first kappa shape index (κ1) is 33.3. The minimum Gasteiger partial charge on any atom is -0.309 e. The molecule has 0 atom stereocenters. The van der Waals surface area contributed by atoms with Crippen molar-refractivity contribution >= 4 is 21.8 Å². The molecule has 0 spiro atoms. The van der Waals surface area contributed by atoms with E-state index in [-0.39, 0.29) is 0 Å².